The van der Waals surface area contributed by atoms with Crippen molar-refractivity contribution in [3.63, 3.8) is 0 Å². The Balaban J connectivity index is 1.52. The van der Waals surface area contributed by atoms with Gasteiger partial charge in [-0.1, -0.05) is 12.1 Å². The maximum atomic E-state index is 11.7. The molecule has 2 heterocycles. The van der Waals surface area contributed by atoms with Crippen molar-refractivity contribution in [1.29, 1.82) is 0 Å². The Hall–Kier alpha value is -2.93. The minimum absolute atomic E-state index is 0.393. The third kappa shape index (κ3) is 6.06. The summed E-state index contributed by atoms with van der Waals surface area (Å²) in [6, 6.07) is 12.0. The molecule has 0 bridgehead atoms. The highest BCUT2D eigenvalue weighted by atomic mass is 32.1. The van der Waals surface area contributed by atoms with Gasteiger partial charge in [0.25, 0.3) is 0 Å². The van der Waals surface area contributed by atoms with Crippen LogP contribution in [0, 0.1) is 0 Å². The van der Waals surface area contributed by atoms with Gasteiger partial charge in [-0.2, -0.15) is 11.3 Å². The molecule has 0 aliphatic heterocycles. The monoisotopic (exact) mass is 396 g/mol. The molecule has 28 heavy (non-hydrogen) atoms. The van der Waals surface area contributed by atoms with Crippen molar-refractivity contribution in [2.24, 2.45) is 0 Å². The first-order valence-electron chi connectivity index (χ1n) is 9.06. The summed E-state index contributed by atoms with van der Waals surface area (Å²) in [5, 5.41) is 10.2. The van der Waals surface area contributed by atoms with Crippen LogP contribution in [-0.4, -0.2) is 28.2 Å². The van der Waals surface area contributed by atoms with E-state index >= 15 is 0 Å². The summed E-state index contributed by atoms with van der Waals surface area (Å²) in [5.74, 6) is 0.746. The van der Waals surface area contributed by atoms with E-state index in [1.807, 2.05) is 62.5 Å². The van der Waals surface area contributed by atoms with Gasteiger partial charge < -0.3 is 15.4 Å². The molecule has 6 nitrogen and oxygen atoms in total. The summed E-state index contributed by atoms with van der Waals surface area (Å²) in [4.78, 5) is 20.3. The van der Waals surface area contributed by atoms with Crippen molar-refractivity contribution in [2.45, 2.75) is 32.8 Å². The predicted octanol–water partition coefficient (Wildman–Crippen LogP) is 5.02. The number of hydrogen-bond donors (Lipinski definition) is 2. The Morgan fingerprint density at radius 2 is 1.93 bits per heavy atom. The Morgan fingerprint density at radius 3 is 2.61 bits per heavy atom. The van der Waals surface area contributed by atoms with Crippen molar-refractivity contribution in [3.05, 3.63) is 59.0 Å². The van der Waals surface area contributed by atoms with Crippen molar-refractivity contribution in [2.75, 3.05) is 11.9 Å². The lowest BCUT2D eigenvalue weighted by Gasteiger charge is -2.19. The fourth-order valence-electron chi connectivity index (χ4n) is 2.52. The fourth-order valence-corrected chi connectivity index (χ4v) is 3.17. The van der Waals surface area contributed by atoms with Crippen molar-refractivity contribution in [1.82, 2.24) is 15.3 Å². The molecule has 0 saturated carbocycles. The van der Waals surface area contributed by atoms with Crippen molar-refractivity contribution in [3.8, 4) is 11.3 Å². The first-order valence-corrected chi connectivity index (χ1v) is 10.0. The largest absolute Gasteiger partial charge is 0.444 e. The number of nitrogens with one attached hydrogen (secondary N) is 2. The summed E-state index contributed by atoms with van der Waals surface area (Å²) in [5.41, 5.74) is 3.57. The predicted molar refractivity (Wildman–Crippen MR) is 113 cm³/mol. The fraction of sp³-hybridized carbons (Fsp3) is 0.286. The SMILES string of the molecule is CC(C)(C)OC(=O)NCCc1ccc(Nc2cc(-c3ccsc3)ncn2)cc1. The molecule has 2 N–H and O–H groups in total. The lowest BCUT2D eigenvalue weighted by Crippen LogP contribution is -2.33. The lowest BCUT2D eigenvalue weighted by molar-refractivity contribution is 0.0528. The van der Waals surface area contributed by atoms with E-state index in [1.165, 1.54) is 0 Å². The molecule has 0 unspecified atom stereocenters. The highest BCUT2D eigenvalue weighted by Gasteiger charge is 2.15. The van der Waals surface area contributed by atoms with Crippen molar-refractivity contribution < 1.29 is 9.53 Å². The zero-order valence-corrected chi connectivity index (χ0v) is 17.0. The molecule has 0 atom stereocenters. The number of rotatable bonds is 6. The number of amides is 1. The van der Waals surface area contributed by atoms with Crippen molar-refractivity contribution >= 4 is 28.9 Å². The number of thiophene rings is 1. The highest BCUT2D eigenvalue weighted by Crippen LogP contribution is 2.23. The lowest BCUT2D eigenvalue weighted by atomic mass is 10.1. The van der Waals surface area contributed by atoms with Gasteiger partial charge in [-0.05, 0) is 56.3 Å². The number of aromatic nitrogens is 2. The van der Waals surface area contributed by atoms with E-state index in [0.717, 1.165) is 34.7 Å². The van der Waals surface area contributed by atoms with Crippen LogP contribution in [0.3, 0.4) is 0 Å². The van der Waals surface area contributed by atoms with Gasteiger partial charge in [0.15, 0.2) is 0 Å². The zero-order valence-electron chi connectivity index (χ0n) is 16.2. The van der Waals surface area contributed by atoms with E-state index < -0.39 is 11.7 Å². The van der Waals surface area contributed by atoms with E-state index in [4.69, 9.17) is 4.74 Å². The van der Waals surface area contributed by atoms with E-state index in [0.29, 0.717) is 6.54 Å². The molecule has 0 radical (unpaired) electrons. The molecule has 3 aromatic rings. The molecule has 1 amide bonds. The van der Waals surface area contributed by atoms with E-state index in [1.54, 1.807) is 17.7 Å². The molecule has 0 spiro atoms. The topological polar surface area (TPSA) is 76.1 Å². The average molecular weight is 397 g/mol. The molecular formula is C21H24N4O2S. The number of nitrogens with zero attached hydrogens (tertiary/aromatic N) is 2. The van der Waals surface area contributed by atoms with Crippen LogP contribution in [0.1, 0.15) is 26.3 Å². The van der Waals surface area contributed by atoms with Crippen LogP contribution in [0.15, 0.2) is 53.5 Å². The van der Waals surface area contributed by atoms with E-state index in [9.17, 15) is 4.79 Å². The molecule has 3 rings (SSSR count). The molecule has 0 aliphatic rings. The Morgan fingerprint density at radius 1 is 1.14 bits per heavy atom. The van der Waals surface area contributed by atoms with E-state index in [-0.39, 0.29) is 0 Å². The van der Waals surface area contributed by atoms with Gasteiger partial charge in [0.2, 0.25) is 0 Å². The normalized spacial score (nSPS) is 11.1. The molecule has 7 heteroatoms. The molecule has 0 fully saturated rings. The summed E-state index contributed by atoms with van der Waals surface area (Å²) < 4.78 is 5.23. The van der Waals surface area contributed by atoms with Crippen LogP contribution in [-0.2, 0) is 11.2 Å². The number of carbonyl (C=O) groups is 1. The average Bonchev–Trinajstić information content (AvgIpc) is 3.17. The smallest absolute Gasteiger partial charge is 0.407 e. The van der Waals surface area contributed by atoms with Crippen LogP contribution in [0.4, 0.5) is 16.3 Å². The number of carbonyl (C=O) groups excluding carboxylic acids is 1. The first kappa shape index (κ1) is 19.8. The second-order valence-corrected chi connectivity index (χ2v) is 8.08. The second-order valence-electron chi connectivity index (χ2n) is 7.30. The van der Waals surface area contributed by atoms with Gasteiger partial charge >= 0.3 is 6.09 Å². The van der Waals surface area contributed by atoms with Gasteiger partial charge in [0, 0.05) is 29.2 Å². The van der Waals surface area contributed by atoms with E-state index in [2.05, 4.69) is 26.0 Å². The highest BCUT2D eigenvalue weighted by molar-refractivity contribution is 7.08. The molecular weight excluding hydrogens is 372 g/mol. The van der Waals surface area contributed by atoms with Gasteiger partial charge in [-0.3, -0.25) is 0 Å². The number of ether oxygens (including phenoxy) is 1. The molecule has 2 aromatic heterocycles. The second kappa shape index (κ2) is 8.84. The summed E-state index contributed by atoms with van der Waals surface area (Å²) >= 11 is 1.64. The van der Waals surface area contributed by atoms with Gasteiger partial charge in [0.1, 0.15) is 17.7 Å². The Labute approximate surface area is 169 Å². The molecule has 1 aromatic carbocycles. The van der Waals surface area contributed by atoms with Crippen LogP contribution in [0.25, 0.3) is 11.3 Å². The third-order valence-electron chi connectivity index (χ3n) is 3.79. The van der Waals surface area contributed by atoms with Gasteiger partial charge in [-0.15, -0.1) is 0 Å². The molecule has 146 valence electrons. The van der Waals surface area contributed by atoms with Crippen LogP contribution >= 0.6 is 11.3 Å². The summed E-state index contributed by atoms with van der Waals surface area (Å²) in [6.45, 7) is 6.06. The first-order chi connectivity index (χ1) is 13.4. The van der Waals surface area contributed by atoms with Gasteiger partial charge in [0.05, 0.1) is 5.69 Å². The Bertz CT molecular complexity index is 903. The number of anilines is 2. The third-order valence-corrected chi connectivity index (χ3v) is 4.48. The minimum atomic E-state index is -0.484. The van der Waals surface area contributed by atoms with Gasteiger partial charge in [-0.25, -0.2) is 14.8 Å². The van der Waals surface area contributed by atoms with Crippen LogP contribution in [0.2, 0.25) is 0 Å². The number of alkyl carbamates (subject to hydrolysis) is 1. The number of benzene rings is 1. The zero-order chi connectivity index (χ0) is 20.0. The maximum Gasteiger partial charge on any atom is 0.407 e. The Kier molecular flexibility index (Phi) is 6.26. The minimum Gasteiger partial charge on any atom is -0.444 e. The summed E-state index contributed by atoms with van der Waals surface area (Å²) in [6.07, 6.45) is 1.90. The van der Waals surface area contributed by atoms with Crippen LogP contribution < -0.4 is 10.6 Å². The molecule has 0 saturated heterocycles. The molecule has 0 aliphatic carbocycles. The quantitative estimate of drug-likeness (QED) is 0.612. The summed E-state index contributed by atoms with van der Waals surface area (Å²) in [7, 11) is 0. The van der Waals surface area contributed by atoms with Crippen LogP contribution in [0.5, 0.6) is 0 Å². The standard InChI is InChI=1S/C21H24N4O2S/c1-21(2,3)27-20(26)22-10-8-15-4-6-17(7-5-15)25-19-12-18(23-14-24-19)16-9-11-28-13-16/h4-7,9,11-14H,8,10H2,1-3H3,(H,22,26)(H,23,24,25). The maximum absolute atomic E-state index is 11.7. The number of hydrogen-bond acceptors (Lipinski definition) is 6.